The van der Waals surface area contributed by atoms with Crippen molar-refractivity contribution in [2.24, 2.45) is 11.8 Å². The smallest absolute Gasteiger partial charge is 0.0117 e. The van der Waals surface area contributed by atoms with Gasteiger partial charge in [0, 0.05) is 18.6 Å². The lowest BCUT2D eigenvalue weighted by atomic mass is 9.84. The van der Waals surface area contributed by atoms with Gasteiger partial charge in [-0.05, 0) is 63.5 Å². The maximum absolute atomic E-state index is 3.72. The Balaban J connectivity index is 1.77. The molecule has 2 atom stereocenters. The standard InChI is InChI=1S/C16H32N2/c1-4-10-17-16-9-11-18(12-14(16)3)15-7-5-13(2)6-8-15/h13-17H,4-12H2,1-3H3. The Hall–Kier alpha value is -0.0800. The van der Waals surface area contributed by atoms with Crippen molar-refractivity contribution in [3.05, 3.63) is 0 Å². The van der Waals surface area contributed by atoms with Gasteiger partial charge in [-0.2, -0.15) is 0 Å². The Kier molecular flexibility index (Phi) is 5.50. The maximum atomic E-state index is 3.72. The second-order valence-corrected chi connectivity index (χ2v) is 6.74. The average Bonchev–Trinajstić information content (AvgIpc) is 2.38. The molecule has 0 radical (unpaired) electrons. The summed E-state index contributed by atoms with van der Waals surface area (Å²) in [6.45, 7) is 10.9. The molecule has 2 unspecified atom stereocenters. The predicted octanol–water partition coefficient (Wildman–Crippen LogP) is 3.28. The molecule has 2 heteroatoms. The molecule has 2 aliphatic rings. The van der Waals surface area contributed by atoms with Crippen LogP contribution in [-0.4, -0.2) is 36.6 Å². The van der Waals surface area contributed by atoms with Crippen LogP contribution in [0, 0.1) is 11.8 Å². The van der Waals surface area contributed by atoms with Crippen LogP contribution in [0.1, 0.15) is 59.3 Å². The van der Waals surface area contributed by atoms with E-state index in [2.05, 4.69) is 31.0 Å². The van der Waals surface area contributed by atoms with Gasteiger partial charge in [-0.1, -0.05) is 20.8 Å². The summed E-state index contributed by atoms with van der Waals surface area (Å²) in [7, 11) is 0. The maximum Gasteiger partial charge on any atom is 0.0117 e. The largest absolute Gasteiger partial charge is 0.314 e. The van der Waals surface area contributed by atoms with E-state index in [4.69, 9.17) is 0 Å². The van der Waals surface area contributed by atoms with E-state index in [9.17, 15) is 0 Å². The molecule has 0 aromatic rings. The van der Waals surface area contributed by atoms with Crippen molar-refractivity contribution in [2.45, 2.75) is 71.4 Å². The number of nitrogens with zero attached hydrogens (tertiary/aromatic N) is 1. The van der Waals surface area contributed by atoms with Crippen molar-refractivity contribution in [2.75, 3.05) is 19.6 Å². The summed E-state index contributed by atoms with van der Waals surface area (Å²) in [5, 5.41) is 3.72. The summed E-state index contributed by atoms with van der Waals surface area (Å²) < 4.78 is 0. The molecule has 0 aromatic carbocycles. The number of piperidine rings is 1. The second-order valence-electron chi connectivity index (χ2n) is 6.74. The minimum Gasteiger partial charge on any atom is -0.314 e. The van der Waals surface area contributed by atoms with Crippen LogP contribution < -0.4 is 5.32 Å². The molecule has 1 aliphatic heterocycles. The predicted molar refractivity (Wildman–Crippen MR) is 78.9 cm³/mol. The highest BCUT2D eigenvalue weighted by Gasteiger charge is 2.31. The molecule has 1 heterocycles. The summed E-state index contributed by atoms with van der Waals surface area (Å²) in [5.41, 5.74) is 0. The van der Waals surface area contributed by atoms with E-state index in [0.29, 0.717) is 0 Å². The molecule has 1 N–H and O–H groups in total. The summed E-state index contributed by atoms with van der Waals surface area (Å²) >= 11 is 0. The van der Waals surface area contributed by atoms with Crippen LogP contribution in [0.2, 0.25) is 0 Å². The van der Waals surface area contributed by atoms with Crippen LogP contribution in [0.4, 0.5) is 0 Å². The molecule has 0 spiro atoms. The van der Waals surface area contributed by atoms with Crippen LogP contribution in [-0.2, 0) is 0 Å². The van der Waals surface area contributed by atoms with Crippen LogP contribution in [0.3, 0.4) is 0 Å². The molecule has 1 saturated carbocycles. The highest BCUT2D eigenvalue weighted by Crippen LogP contribution is 2.30. The van der Waals surface area contributed by atoms with E-state index >= 15 is 0 Å². The molecule has 106 valence electrons. The van der Waals surface area contributed by atoms with Gasteiger partial charge in [0.2, 0.25) is 0 Å². The average molecular weight is 252 g/mol. The molecule has 2 fully saturated rings. The minimum absolute atomic E-state index is 0.767. The fraction of sp³-hybridized carbons (Fsp3) is 1.00. The van der Waals surface area contributed by atoms with Gasteiger partial charge < -0.3 is 10.2 Å². The molecule has 0 aromatic heterocycles. The van der Waals surface area contributed by atoms with Crippen LogP contribution in [0.15, 0.2) is 0 Å². The van der Waals surface area contributed by atoms with Crippen molar-refractivity contribution in [3.8, 4) is 0 Å². The Labute approximate surface area is 114 Å². The highest BCUT2D eigenvalue weighted by atomic mass is 15.2. The van der Waals surface area contributed by atoms with Gasteiger partial charge in [-0.25, -0.2) is 0 Å². The number of hydrogen-bond donors (Lipinski definition) is 1. The number of nitrogens with one attached hydrogen (secondary N) is 1. The van der Waals surface area contributed by atoms with Crippen LogP contribution >= 0.6 is 0 Å². The lowest BCUT2D eigenvalue weighted by Gasteiger charge is -2.43. The van der Waals surface area contributed by atoms with Crippen molar-refractivity contribution < 1.29 is 0 Å². The van der Waals surface area contributed by atoms with Crippen molar-refractivity contribution >= 4 is 0 Å². The summed E-state index contributed by atoms with van der Waals surface area (Å²) in [5.74, 6) is 1.80. The first-order valence-corrected chi connectivity index (χ1v) is 8.18. The number of hydrogen-bond acceptors (Lipinski definition) is 2. The van der Waals surface area contributed by atoms with E-state index in [1.807, 2.05) is 0 Å². The zero-order chi connectivity index (χ0) is 13.0. The monoisotopic (exact) mass is 252 g/mol. The van der Waals surface area contributed by atoms with Gasteiger partial charge in [0.1, 0.15) is 0 Å². The number of rotatable bonds is 4. The quantitative estimate of drug-likeness (QED) is 0.826. The molecule has 18 heavy (non-hydrogen) atoms. The molecule has 2 nitrogen and oxygen atoms in total. The van der Waals surface area contributed by atoms with Crippen LogP contribution in [0.5, 0.6) is 0 Å². The van der Waals surface area contributed by atoms with Crippen LogP contribution in [0.25, 0.3) is 0 Å². The van der Waals surface area contributed by atoms with Gasteiger partial charge in [-0.3, -0.25) is 0 Å². The lowest BCUT2D eigenvalue weighted by Crippen LogP contribution is -2.52. The van der Waals surface area contributed by atoms with E-state index in [1.54, 1.807) is 0 Å². The van der Waals surface area contributed by atoms with E-state index in [-0.39, 0.29) is 0 Å². The molecular formula is C16H32N2. The summed E-state index contributed by atoms with van der Waals surface area (Å²) in [4.78, 5) is 2.79. The third-order valence-corrected chi connectivity index (χ3v) is 5.09. The summed E-state index contributed by atoms with van der Waals surface area (Å²) in [6.07, 6.45) is 8.41. The fourth-order valence-electron chi connectivity index (χ4n) is 3.75. The lowest BCUT2D eigenvalue weighted by molar-refractivity contribution is 0.0760. The third-order valence-electron chi connectivity index (χ3n) is 5.09. The first kappa shape index (κ1) is 14.3. The SMILES string of the molecule is CCCNC1CCN(C2CCC(C)CC2)CC1C. The molecule has 0 bridgehead atoms. The third kappa shape index (κ3) is 3.71. The molecular weight excluding hydrogens is 220 g/mol. The molecule has 0 amide bonds. The first-order chi connectivity index (χ1) is 8.70. The van der Waals surface area contributed by atoms with Crippen molar-refractivity contribution in [1.82, 2.24) is 10.2 Å². The van der Waals surface area contributed by atoms with Gasteiger partial charge >= 0.3 is 0 Å². The topological polar surface area (TPSA) is 15.3 Å². The normalized spacial score (nSPS) is 38.8. The summed E-state index contributed by atoms with van der Waals surface area (Å²) in [6, 6.07) is 1.67. The van der Waals surface area contributed by atoms with Gasteiger partial charge in [-0.15, -0.1) is 0 Å². The van der Waals surface area contributed by atoms with E-state index in [1.165, 1.54) is 58.2 Å². The zero-order valence-corrected chi connectivity index (χ0v) is 12.6. The molecule has 2 rings (SSSR count). The van der Waals surface area contributed by atoms with Crippen molar-refractivity contribution in [1.29, 1.82) is 0 Å². The fourth-order valence-corrected chi connectivity index (χ4v) is 3.75. The molecule has 1 aliphatic carbocycles. The Bertz CT molecular complexity index is 233. The Morgan fingerprint density at radius 3 is 2.39 bits per heavy atom. The molecule has 1 saturated heterocycles. The van der Waals surface area contributed by atoms with E-state index < -0.39 is 0 Å². The Morgan fingerprint density at radius 2 is 1.78 bits per heavy atom. The highest BCUT2D eigenvalue weighted by molar-refractivity contribution is 4.87. The first-order valence-electron chi connectivity index (χ1n) is 8.18. The van der Waals surface area contributed by atoms with Crippen molar-refractivity contribution in [3.63, 3.8) is 0 Å². The van der Waals surface area contributed by atoms with Gasteiger partial charge in [0.15, 0.2) is 0 Å². The second kappa shape index (κ2) is 6.91. The zero-order valence-electron chi connectivity index (χ0n) is 12.6. The Morgan fingerprint density at radius 1 is 1.06 bits per heavy atom. The van der Waals surface area contributed by atoms with E-state index in [0.717, 1.165) is 23.9 Å². The minimum atomic E-state index is 0.767. The number of likely N-dealkylation sites (tertiary alicyclic amines) is 1. The van der Waals surface area contributed by atoms with Gasteiger partial charge in [0.05, 0.1) is 0 Å². The van der Waals surface area contributed by atoms with Gasteiger partial charge in [0.25, 0.3) is 0 Å².